The SMILES string of the molecule is N#Cc1ccc(-c2nc(-c3ccccc3)nc(-c3ccccc3)n2)cc1N1c2ccccc2C2(c3ccccc31)c1ccccc1[Si](c1ccccc1)(c1ccccc1)c1ccccc12. The Morgan fingerprint density at radius 2 is 0.754 bits per heavy atom. The lowest BCUT2D eigenvalue weighted by atomic mass is 9.62. The van der Waals surface area contributed by atoms with Gasteiger partial charge in [0.1, 0.15) is 6.07 Å². The summed E-state index contributed by atoms with van der Waals surface area (Å²) in [4.78, 5) is 17.4. The number of fused-ring (bicyclic) bond motifs is 8. The second-order valence-corrected chi connectivity index (χ2v) is 20.3. The van der Waals surface area contributed by atoms with Gasteiger partial charge in [0.15, 0.2) is 25.5 Å². The molecule has 0 amide bonds. The van der Waals surface area contributed by atoms with E-state index >= 15 is 0 Å². The van der Waals surface area contributed by atoms with E-state index in [0.29, 0.717) is 23.0 Å². The van der Waals surface area contributed by atoms with E-state index in [1.807, 2.05) is 72.8 Å². The van der Waals surface area contributed by atoms with Crippen LogP contribution in [0.25, 0.3) is 34.2 Å². The van der Waals surface area contributed by atoms with Crippen LogP contribution in [0.1, 0.15) is 27.8 Å². The summed E-state index contributed by atoms with van der Waals surface area (Å²) >= 11 is 0. The van der Waals surface area contributed by atoms with Crippen molar-refractivity contribution in [2.75, 3.05) is 4.90 Å². The van der Waals surface area contributed by atoms with Crippen LogP contribution in [-0.4, -0.2) is 23.0 Å². The summed E-state index contributed by atoms with van der Waals surface area (Å²) in [5.41, 5.74) is 10.0. The Bertz CT molecular complexity index is 3260. The molecule has 9 aromatic carbocycles. The van der Waals surface area contributed by atoms with E-state index < -0.39 is 13.5 Å². The molecule has 0 fully saturated rings. The highest BCUT2D eigenvalue weighted by Gasteiger charge is 2.57. The second kappa shape index (κ2) is 15.4. The molecule has 0 saturated carbocycles. The van der Waals surface area contributed by atoms with E-state index in [2.05, 4.69) is 175 Å². The first-order chi connectivity index (χ1) is 32.2. The van der Waals surface area contributed by atoms with Crippen LogP contribution in [0.5, 0.6) is 0 Å². The topological polar surface area (TPSA) is 65.7 Å². The highest BCUT2D eigenvalue weighted by Crippen LogP contribution is 2.58. The maximum atomic E-state index is 11.0. The number of hydrogen-bond acceptors (Lipinski definition) is 5. The normalized spacial score (nSPS) is 13.7. The van der Waals surface area contributed by atoms with Crippen LogP contribution in [0.3, 0.4) is 0 Å². The Morgan fingerprint density at radius 1 is 0.369 bits per heavy atom. The van der Waals surface area contributed by atoms with Crippen LogP contribution < -0.4 is 25.6 Å². The van der Waals surface area contributed by atoms with Gasteiger partial charge in [-0.25, -0.2) is 15.0 Å². The molecule has 10 aromatic rings. The first-order valence-electron chi connectivity index (χ1n) is 21.9. The molecule has 2 aliphatic heterocycles. The maximum Gasteiger partial charge on any atom is 0.180 e. The third-order valence-electron chi connectivity index (χ3n) is 13.3. The van der Waals surface area contributed by atoms with E-state index in [-0.39, 0.29) is 0 Å². The number of hydrogen-bond donors (Lipinski definition) is 0. The summed E-state index contributed by atoms with van der Waals surface area (Å²) < 4.78 is 0. The van der Waals surface area contributed by atoms with Crippen molar-refractivity contribution < 1.29 is 0 Å². The van der Waals surface area contributed by atoms with Gasteiger partial charge >= 0.3 is 0 Å². The smallest absolute Gasteiger partial charge is 0.180 e. The van der Waals surface area contributed by atoms with Gasteiger partial charge in [0.25, 0.3) is 0 Å². The summed E-state index contributed by atoms with van der Waals surface area (Å²) in [5, 5.41) is 16.4. The van der Waals surface area contributed by atoms with Crippen molar-refractivity contribution in [2.45, 2.75) is 5.41 Å². The van der Waals surface area contributed by atoms with Crippen LogP contribution in [0.15, 0.2) is 237 Å². The van der Waals surface area contributed by atoms with Gasteiger partial charge in [0, 0.05) is 16.7 Å². The van der Waals surface area contributed by atoms with Crippen molar-refractivity contribution in [3.63, 3.8) is 0 Å². The van der Waals surface area contributed by atoms with Gasteiger partial charge in [-0.15, -0.1) is 0 Å². The Hall–Kier alpha value is -8.50. The third kappa shape index (κ3) is 5.73. The predicted octanol–water partition coefficient (Wildman–Crippen LogP) is 10.6. The molecule has 0 atom stereocenters. The minimum Gasteiger partial charge on any atom is -0.308 e. The van der Waals surface area contributed by atoms with Crippen LogP contribution >= 0.6 is 0 Å². The maximum absolute atomic E-state index is 11.0. The highest BCUT2D eigenvalue weighted by atomic mass is 28.3. The van der Waals surface area contributed by atoms with Gasteiger partial charge in [-0.2, -0.15) is 5.26 Å². The Morgan fingerprint density at radius 3 is 1.22 bits per heavy atom. The molecule has 0 N–H and O–H groups in total. The number of nitrogens with zero attached hydrogens (tertiary/aromatic N) is 5. The summed E-state index contributed by atoms with van der Waals surface area (Å²) in [6.07, 6.45) is 0. The second-order valence-electron chi connectivity index (χ2n) is 16.6. The van der Waals surface area contributed by atoms with Gasteiger partial charge in [0.05, 0.1) is 28.0 Å². The summed E-state index contributed by atoms with van der Waals surface area (Å²) in [6.45, 7) is 0. The highest BCUT2D eigenvalue weighted by molar-refractivity contribution is 7.20. The predicted molar refractivity (Wildman–Crippen MR) is 265 cm³/mol. The molecular formula is C59H39N5Si. The van der Waals surface area contributed by atoms with Crippen molar-refractivity contribution in [1.82, 2.24) is 15.0 Å². The van der Waals surface area contributed by atoms with Crippen molar-refractivity contribution in [2.24, 2.45) is 0 Å². The van der Waals surface area contributed by atoms with Crippen LogP contribution in [0.4, 0.5) is 17.1 Å². The van der Waals surface area contributed by atoms with Gasteiger partial charge in [0.2, 0.25) is 0 Å². The molecule has 0 radical (unpaired) electrons. The molecule has 3 heterocycles. The number of anilines is 3. The summed E-state index contributed by atoms with van der Waals surface area (Å²) in [5.74, 6) is 1.68. The molecule has 5 nitrogen and oxygen atoms in total. The molecule has 65 heavy (non-hydrogen) atoms. The standard InChI is InChI=1S/C59H39N5Si/c60-40-44-38-37-43(58-62-56(41-21-5-1-6-22-41)61-57(63-58)42-23-7-2-8-24-42)39-53(44)64-51-33-17-13-29-47(51)59(48-30-14-18-34-52(48)64)49-31-15-19-35-54(49)65(45-25-9-3-10-26-45,46-27-11-4-12-28-46)55-36-20-16-32-50(55)59/h1-39H. The van der Waals surface area contributed by atoms with Crippen LogP contribution in [0, 0.1) is 11.3 Å². The fraction of sp³-hybridized carbons (Fsp3) is 0.0169. The molecule has 6 heteroatoms. The number of rotatable bonds is 6. The average molecular weight is 846 g/mol. The van der Waals surface area contributed by atoms with E-state index in [4.69, 9.17) is 15.0 Å². The van der Waals surface area contributed by atoms with Crippen molar-refractivity contribution >= 4 is 45.9 Å². The van der Waals surface area contributed by atoms with Gasteiger partial charge in [-0.05, 0) is 73.3 Å². The molecule has 1 spiro atoms. The number of nitriles is 1. The average Bonchev–Trinajstić information content (AvgIpc) is 3.39. The Labute approximate surface area is 379 Å². The minimum absolute atomic E-state index is 0.525. The molecule has 0 saturated heterocycles. The van der Waals surface area contributed by atoms with E-state index in [0.717, 1.165) is 44.9 Å². The molecule has 12 rings (SSSR count). The third-order valence-corrected chi connectivity index (χ3v) is 18.2. The lowest BCUT2D eigenvalue weighted by Gasteiger charge is -2.53. The first-order valence-corrected chi connectivity index (χ1v) is 23.9. The van der Waals surface area contributed by atoms with Crippen molar-refractivity contribution in [3.8, 4) is 40.2 Å². The lowest BCUT2D eigenvalue weighted by Crippen LogP contribution is -2.79. The number of para-hydroxylation sites is 2. The van der Waals surface area contributed by atoms with Crippen LogP contribution in [0.2, 0.25) is 0 Å². The number of aromatic nitrogens is 3. The molecule has 2 aliphatic rings. The molecule has 0 unspecified atom stereocenters. The molecule has 1 aromatic heterocycles. The molecule has 0 bridgehead atoms. The van der Waals surface area contributed by atoms with Crippen molar-refractivity contribution in [1.29, 1.82) is 5.26 Å². The minimum atomic E-state index is -2.90. The largest absolute Gasteiger partial charge is 0.308 e. The Balaban J connectivity index is 1.12. The van der Waals surface area contributed by atoms with Gasteiger partial charge < -0.3 is 4.90 Å². The fourth-order valence-electron chi connectivity index (χ4n) is 10.7. The van der Waals surface area contributed by atoms with E-state index in [9.17, 15) is 5.26 Å². The summed E-state index contributed by atoms with van der Waals surface area (Å²) in [7, 11) is -2.90. The van der Waals surface area contributed by atoms with Gasteiger partial charge in [-0.1, -0.05) is 206 Å². The van der Waals surface area contributed by atoms with E-state index in [1.54, 1.807) is 0 Å². The number of benzene rings is 9. The zero-order valence-corrected chi connectivity index (χ0v) is 36.3. The molecule has 304 valence electrons. The van der Waals surface area contributed by atoms with E-state index in [1.165, 1.54) is 31.9 Å². The molecular weight excluding hydrogens is 807 g/mol. The zero-order chi connectivity index (χ0) is 43.4. The molecule has 0 aliphatic carbocycles. The lowest BCUT2D eigenvalue weighted by molar-refractivity contribution is 0.736. The van der Waals surface area contributed by atoms with Gasteiger partial charge in [-0.3, -0.25) is 0 Å². The van der Waals surface area contributed by atoms with Crippen molar-refractivity contribution in [3.05, 3.63) is 264 Å². The quantitative estimate of drug-likeness (QED) is 0.156. The first kappa shape index (κ1) is 38.2. The monoisotopic (exact) mass is 845 g/mol. The van der Waals surface area contributed by atoms with Crippen LogP contribution in [-0.2, 0) is 5.41 Å². The Kier molecular flexibility index (Phi) is 9.04. The zero-order valence-electron chi connectivity index (χ0n) is 35.3. The summed E-state index contributed by atoms with van der Waals surface area (Å²) in [6, 6.07) is 86.8. The fourth-order valence-corrected chi connectivity index (χ4v) is 16.0.